The number of aldehydes is 1. The monoisotopic (exact) mass is 320 g/mol. The maximum absolute atomic E-state index is 11.2. The van der Waals surface area contributed by atoms with Crippen LogP contribution in [0.1, 0.15) is 30.4 Å². The van der Waals surface area contributed by atoms with Crippen molar-refractivity contribution in [1.29, 1.82) is 0 Å². The van der Waals surface area contributed by atoms with Crippen LogP contribution in [-0.4, -0.2) is 17.7 Å². The molecule has 2 atom stereocenters. The van der Waals surface area contributed by atoms with E-state index in [9.17, 15) is 4.79 Å². The Balaban J connectivity index is 1.99. The van der Waals surface area contributed by atoms with E-state index in [1.807, 2.05) is 6.07 Å². The molecular formula is C16H17BrO2. The van der Waals surface area contributed by atoms with Crippen LogP contribution in [0.5, 0.6) is 5.75 Å². The van der Waals surface area contributed by atoms with E-state index in [-0.39, 0.29) is 4.32 Å². The third kappa shape index (κ3) is 2.25. The van der Waals surface area contributed by atoms with Gasteiger partial charge in [0.05, 0.1) is 11.4 Å². The Morgan fingerprint density at radius 3 is 3.05 bits per heavy atom. The van der Waals surface area contributed by atoms with Gasteiger partial charge in [-0.25, -0.2) is 0 Å². The molecule has 0 heterocycles. The fourth-order valence-electron chi connectivity index (χ4n) is 3.25. The zero-order valence-corrected chi connectivity index (χ0v) is 12.6. The van der Waals surface area contributed by atoms with Gasteiger partial charge < -0.3 is 9.53 Å². The van der Waals surface area contributed by atoms with Gasteiger partial charge >= 0.3 is 0 Å². The SMILES string of the molecule is COc1ccc2c(c1)CC[C@@H]1C[C@](Br)(C=O)CC=C21. The Bertz CT molecular complexity index is 550. The Labute approximate surface area is 122 Å². The molecule has 0 amide bonds. The lowest BCUT2D eigenvalue weighted by atomic mass is 9.71. The Morgan fingerprint density at radius 1 is 1.47 bits per heavy atom. The molecule has 3 heteroatoms. The number of ether oxygens (including phenoxy) is 1. The molecule has 0 unspecified atom stereocenters. The first-order valence-electron chi connectivity index (χ1n) is 6.68. The maximum atomic E-state index is 11.2. The number of halogens is 1. The number of carbonyl (C=O) groups excluding carboxylic acids is 1. The summed E-state index contributed by atoms with van der Waals surface area (Å²) in [5, 5.41) is 0. The first kappa shape index (κ1) is 12.9. The van der Waals surface area contributed by atoms with Crippen LogP contribution in [0.3, 0.4) is 0 Å². The van der Waals surface area contributed by atoms with E-state index < -0.39 is 0 Å². The minimum absolute atomic E-state index is 0.342. The van der Waals surface area contributed by atoms with Crippen molar-refractivity contribution < 1.29 is 9.53 Å². The van der Waals surface area contributed by atoms with E-state index in [1.54, 1.807) is 7.11 Å². The van der Waals surface area contributed by atoms with Crippen LogP contribution in [0.15, 0.2) is 24.3 Å². The van der Waals surface area contributed by atoms with Crippen LogP contribution < -0.4 is 4.74 Å². The predicted octanol–water partition coefficient (Wildman–Crippen LogP) is 3.77. The van der Waals surface area contributed by atoms with Crippen LogP contribution >= 0.6 is 15.9 Å². The smallest absolute Gasteiger partial charge is 0.137 e. The van der Waals surface area contributed by atoms with Crippen LogP contribution in [0.2, 0.25) is 0 Å². The molecule has 0 aromatic heterocycles. The second-order valence-corrected chi connectivity index (χ2v) is 7.06. The molecule has 0 aliphatic heterocycles. The summed E-state index contributed by atoms with van der Waals surface area (Å²) >= 11 is 3.59. The summed E-state index contributed by atoms with van der Waals surface area (Å²) in [6.45, 7) is 0. The summed E-state index contributed by atoms with van der Waals surface area (Å²) in [6.07, 6.45) is 7.18. The molecule has 1 aromatic rings. The van der Waals surface area contributed by atoms with E-state index in [2.05, 4.69) is 34.1 Å². The first-order valence-corrected chi connectivity index (χ1v) is 7.47. The molecule has 0 spiro atoms. The van der Waals surface area contributed by atoms with Crippen molar-refractivity contribution in [2.24, 2.45) is 5.92 Å². The fraction of sp³-hybridized carbons (Fsp3) is 0.438. The molecule has 1 aromatic carbocycles. The number of hydrogen-bond donors (Lipinski definition) is 0. The number of hydrogen-bond acceptors (Lipinski definition) is 2. The Hall–Kier alpha value is -1.09. The van der Waals surface area contributed by atoms with Crippen molar-refractivity contribution in [2.45, 2.75) is 30.0 Å². The standard InChI is InChI=1S/C16H17BrO2/c1-19-13-4-5-14-11(8-13)2-3-12-9-16(17,10-18)7-6-15(12)14/h4-6,8,10,12H,2-3,7,9H2,1H3/t12-,16+/m1/s1. The van der Waals surface area contributed by atoms with E-state index in [0.29, 0.717) is 5.92 Å². The summed E-state index contributed by atoms with van der Waals surface area (Å²) in [6, 6.07) is 6.33. The second kappa shape index (κ2) is 4.78. The summed E-state index contributed by atoms with van der Waals surface area (Å²) in [5.74, 6) is 1.43. The normalized spacial score (nSPS) is 28.9. The molecule has 3 rings (SSSR count). The van der Waals surface area contributed by atoms with Crippen LogP contribution in [-0.2, 0) is 11.2 Å². The minimum Gasteiger partial charge on any atom is -0.497 e. The Kier molecular flexibility index (Phi) is 3.25. The number of rotatable bonds is 2. The third-order valence-corrected chi connectivity index (χ3v) is 5.12. The van der Waals surface area contributed by atoms with Crippen molar-refractivity contribution in [3.05, 3.63) is 35.4 Å². The first-order chi connectivity index (χ1) is 9.15. The van der Waals surface area contributed by atoms with Crippen molar-refractivity contribution in [3.63, 3.8) is 0 Å². The molecular weight excluding hydrogens is 304 g/mol. The van der Waals surface area contributed by atoms with Gasteiger partial charge in [-0.05, 0) is 60.4 Å². The summed E-state index contributed by atoms with van der Waals surface area (Å²) in [4.78, 5) is 11.2. The van der Waals surface area contributed by atoms with Gasteiger partial charge in [0.25, 0.3) is 0 Å². The predicted molar refractivity (Wildman–Crippen MR) is 79.7 cm³/mol. The number of allylic oxidation sites excluding steroid dienone is 2. The number of carbonyl (C=O) groups is 1. The average Bonchev–Trinajstić information content (AvgIpc) is 2.46. The highest BCUT2D eigenvalue weighted by Crippen LogP contribution is 2.46. The largest absolute Gasteiger partial charge is 0.497 e. The topological polar surface area (TPSA) is 26.3 Å². The molecule has 100 valence electrons. The third-order valence-electron chi connectivity index (χ3n) is 4.28. The second-order valence-electron chi connectivity index (χ2n) is 5.48. The van der Waals surface area contributed by atoms with E-state index in [0.717, 1.165) is 37.7 Å². The summed E-state index contributed by atoms with van der Waals surface area (Å²) in [7, 11) is 1.70. The lowest BCUT2D eigenvalue weighted by Gasteiger charge is -2.36. The molecule has 0 N–H and O–H groups in total. The molecule has 2 aliphatic rings. The van der Waals surface area contributed by atoms with Gasteiger partial charge in [0.15, 0.2) is 0 Å². The zero-order chi connectivity index (χ0) is 13.5. The summed E-state index contributed by atoms with van der Waals surface area (Å²) in [5.41, 5.74) is 4.13. The van der Waals surface area contributed by atoms with Crippen molar-refractivity contribution in [3.8, 4) is 5.75 Å². The molecule has 0 bridgehead atoms. The van der Waals surface area contributed by atoms with Gasteiger partial charge in [-0.2, -0.15) is 0 Å². The maximum Gasteiger partial charge on any atom is 0.137 e. The zero-order valence-electron chi connectivity index (χ0n) is 11.0. The minimum atomic E-state index is -0.342. The van der Waals surface area contributed by atoms with Gasteiger partial charge in [0.2, 0.25) is 0 Å². The molecule has 2 aliphatic carbocycles. The number of fused-ring (bicyclic) bond motifs is 3. The van der Waals surface area contributed by atoms with Gasteiger partial charge in [0.1, 0.15) is 12.0 Å². The molecule has 2 nitrogen and oxygen atoms in total. The van der Waals surface area contributed by atoms with Crippen LogP contribution in [0, 0.1) is 5.92 Å². The fourth-order valence-corrected chi connectivity index (χ4v) is 3.80. The van der Waals surface area contributed by atoms with Gasteiger partial charge in [-0.15, -0.1) is 0 Å². The van der Waals surface area contributed by atoms with Crippen molar-refractivity contribution in [1.82, 2.24) is 0 Å². The lowest BCUT2D eigenvalue weighted by molar-refractivity contribution is -0.110. The van der Waals surface area contributed by atoms with E-state index >= 15 is 0 Å². The van der Waals surface area contributed by atoms with Crippen LogP contribution in [0.4, 0.5) is 0 Å². The number of methoxy groups -OCH3 is 1. The van der Waals surface area contributed by atoms with Gasteiger partial charge in [-0.3, -0.25) is 0 Å². The number of aryl methyl sites for hydroxylation is 1. The number of benzene rings is 1. The quantitative estimate of drug-likeness (QED) is 0.612. The van der Waals surface area contributed by atoms with Gasteiger partial charge in [-0.1, -0.05) is 28.1 Å². The number of alkyl halides is 1. The molecule has 0 saturated heterocycles. The van der Waals surface area contributed by atoms with Gasteiger partial charge in [0, 0.05) is 0 Å². The molecule has 0 saturated carbocycles. The highest BCUT2D eigenvalue weighted by molar-refractivity contribution is 9.10. The highest BCUT2D eigenvalue weighted by Gasteiger charge is 2.37. The van der Waals surface area contributed by atoms with E-state index in [4.69, 9.17) is 4.74 Å². The highest BCUT2D eigenvalue weighted by atomic mass is 79.9. The van der Waals surface area contributed by atoms with Crippen LogP contribution in [0.25, 0.3) is 5.57 Å². The van der Waals surface area contributed by atoms with Crippen molar-refractivity contribution in [2.75, 3.05) is 7.11 Å². The van der Waals surface area contributed by atoms with E-state index in [1.165, 1.54) is 16.7 Å². The summed E-state index contributed by atoms with van der Waals surface area (Å²) < 4.78 is 4.95. The molecule has 0 fully saturated rings. The lowest BCUT2D eigenvalue weighted by Crippen LogP contribution is -2.31. The average molecular weight is 321 g/mol. The van der Waals surface area contributed by atoms with Crippen molar-refractivity contribution >= 4 is 27.8 Å². The molecule has 0 radical (unpaired) electrons. The Morgan fingerprint density at radius 2 is 2.32 bits per heavy atom. The molecule has 19 heavy (non-hydrogen) atoms.